The third-order valence-electron chi connectivity index (χ3n) is 4.84. The molecule has 0 saturated carbocycles. The Morgan fingerprint density at radius 2 is 1.81 bits per heavy atom. The molecule has 0 bridgehead atoms. The first-order valence-corrected chi connectivity index (χ1v) is 9.38. The quantitative estimate of drug-likeness (QED) is 0.868. The average molecular weight is 366 g/mol. The number of aromatic nitrogens is 1. The van der Waals surface area contributed by atoms with E-state index in [1.165, 1.54) is 0 Å². The highest BCUT2D eigenvalue weighted by atomic mass is 16.2. The van der Waals surface area contributed by atoms with E-state index in [2.05, 4.69) is 22.5 Å². The standard InChI is InChI=1S/C21H26N4O2/c1-15-10-12-25(13-11-15)20(26)17-6-8-18(9-7-17)24-21(27)22-14-19-5-3-4-16(2)23-19/h3-9,15H,10-14H2,1-2H3,(H2,22,24,27). The van der Waals surface area contributed by atoms with E-state index in [1.807, 2.05) is 30.0 Å². The van der Waals surface area contributed by atoms with Crippen LogP contribution >= 0.6 is 0 Å². The number of rotatable bonds is 4. The molecule has 6 heteroatoms. The lowest BCUT2D eigenvalue weighted by Gasteiger charge is -2.30. The van der Waals surface area contributed by atoms with Gasteiger partial charge in [-0.1, -0.05) is 13.0 Å². The van der Waals surface area contributed by atoms with Crippen LogP contribution in [-0.4, -0.2) is 34.9 Å². The molecule has 0 radical (unpaired) electrons. The van der Waals surface area contributed by atoms with Gasteiger partial charge in [-0.25, -0.2) is 4.79 Å². The molecule has 1 aliphatic rings. The summed E-state index contributed by atoms with van der Waals surface area (Å²) in [5.74, 6) is 0.748. The van der Waals surface area contributed by atoms with Gasteiger partial charge in [-0.15, -0.1) is 0 Å². The summed E-state index contributed by atoms with van der Waals surface area (Å²) in [6.07, 6.45) is 2.11. The van der Waals surface area contributed by atoms with E-state index in [1.54, 1.807) is 24.3 Å². The van der Waals surface area contributed by atoms with Gasteiger partial charge in [0, 0.05) is 30.0 Å². The molecule has 6 nitrogen and oxygen atoms in total. The van der Waals surface area contributed by atoms with Gasteiger partial charge in [-0.3, -0.25) is 9.78 Å². The predicted octanol–water partition coefficient (Wildman–Crippen LogP) is 3.58. The van der Waals surface area contributed by atoms with Gasteiger partial charge in [0.25, 0.3) is 5.91 Å². The lowest BCUT2D eigenvalue weighted by Crippen LogP contribution is -2.37. The molecular formula is C21H26N4O2. The molecule has 1 saturated heterocycles. The van der Waals surface area contributed by atoms with Gasteiger partial charge < -0.3 is 15.5 Å². The minimum Gasteiger partial charge on any atom is -0.339 e. The first-order chi connectivity index (χ1) is 13.0. The maximum Gasteiger partial charge on any atom is 0.319 e. The number of hydrogen-bond donors (Lipinski definition) is 2. The molecule has 1 aliphatic heterocycles. The Kier molecular flexibility index (Phi) is 6.06. The average Bonchev–Trinajstić information content (AvgIpc) is 2.67. The second kappa shape index (κ2) is 8.66. The summed E-state index contributed by atoms with van der Waals surface area (Å²) in [4.78, 5) is 30.8. The fourth-order valence-electron chi connectivity index (χ4n) is 3.13. The van der Waals surface area contributed by atoms with Crippen LogP contribution in [-0.2, 0) is 6.54 Å². The molecule has 0 aliphatic carbocycles. The third-order valence-corrected chi connectivity index (χ3v) is 4.84. The first-order valence-electron chi connectivity index (χ1n) is 9.38. The Morgan fingerprint density at radius 1 is 1.11 bits per heavy atom. The molecule has 2 heterocycles. The highest BCUT2D eigenvalue weighted by molar-refractivity contribution is 5.95. The molecule has 3 rings (SSSR count). The van der Waals surface area contributed by atoms with Crippen molar-refractivity contribution in [3.05, 3.63) is 59.4 Å². The first kappa shape index (κ1) is 18.9. The van der Waals surface area contributed by atoms with Gasteiger partial charge in [0.05, 0.1) is 12.2 Å². The van der Waals surface area contributed by atoms with Crippen LogP contribution in [0.1, 0.15) is 41.5 Å². The second-order valence-corrected chi connectivity index (χ2v) is 7.13. The van der Waals surface area contributed by atoms with Crippen molar-refractivity contribution in [1.29, 1.82) is 0 Å². The van der Waals surface area contributed by atoms with E-state index in [9.17, 15) is 9.59 Å². The maximum atomic E-state index is 12.5. The molecule has 0 unspecified atom stereocenters. The van der Waals surface area contributed by atoms with Crippen LogP contribution in [0, 0.1) is 12.8 Å². The summed E-state index contributed by atoms with van der Waals surface area (Å²) >= 11 is 0. The third kappa shape index (κ3) is 5.29. The van der Waals surface area contributed by atoms with E-state index < -0.39 is 0 Å². The summed E-state index contributed by atoms with van der Waals surface area (Å²) < 4.78 is 0. The monoisotopic (exact) mass is 366 g/mol. The Balaban J connectivity index is 1.51. The fourth-order valence-corrected chi connectivity index (χ4v) is 3.13. The van der Waals surface area contributed by atoms with Crippen molar-refractivity contribution in [1.82, 2.24) is 15.2 Å². The van der Waals surface area contributed by atoms with Crippen molar-refractivity contribution in [2.45, 2.75) is 33.2 Å². The number of pyridine rings is 1. The molecule has 2 aromatic rings. The number of carbonyl (C=O) groups excluding carboxylic acids is 2. The zero-order valence-electron chi connectivity index (χ0n) is 15.9. The smallest absolute Gasteiger partial charge is 0.319 e. The molecule has 1 aromatic carbocycles. The minimum atomic E-state index is -0.303. The molecule has 0 atom stereocenters. The number of nitrogens with zero attached hydrogens (tertiary/aromatic N) is 2. The molecule has 1 aromatic heterocycles. The van der Waals surface area contributed by atoms with Crippen molar-refractivity contribution >= 4 is 17.6 Å². The maximum absolute atomic E-state index is 12.5. The Labute approximate surface area is 160 Å². The van der Waals surface area contributed by atoms with Crippen LogP contribution in [0.3, 0.4) is 0 Å². The summed E-state index contributed by atoms with van der Waals surface area (Å²) in [5.41, 5.74) is 3.02. The number of nitrogens with one attached hydrogen (secondary N) is 2. The molecule has 0 spiro atoms. The number of piperidine rings is 1. The van der Waals surface area contributed by atoms with Crippen LogP contribution in [0.25, 0.3) is 0 Å². The lowest BCUT2D eigenvalue weighted by molar-refractivity contribution is 0.0697. The number of benzene rings is 1. The number of urea groups is 1. The Morgan fingerprint density at radius 3 is 2.48 bits per heavy atom. The van der Waals surface area contributed by atoms with Crippen molar-refractivity contribution < 1.29 is 9.59 Å². The normalized spacial score (nSPS) is 14.7. The second-order valence-electron chi connectivity index (χ2n) is 7.13. The number of carbonyl (C=O) groups is 2. The topological polar surface area (TPSA) is 74.3 Å². The van der Waals surface area contributed by atoms with Gasteiger partial charge in [-0.2, -0.15) is 0 Å². The summed E-state index contributed by atoms with van der Waals surface area (Å²) in [5, 5.41) is 5.56. The predicted molar refractivity (Wildman–Crippen MR) is 106 cm³/mol. The van der Waals surface area contributed by atoms with Gasteiger partial charge >= 0.3 is 6.03 Å². The van der Waals surface area contributed by atoms with E-state index in [4.69, 9.17) is 0 Å². The number of likely N-dealkylation sites (tertiary alicyclic amines) is 1. The van der Waals surface area contributed by atoms with Crippen LogP contribution in [0.5, 0.6) is 0 Å². The number of hydrogen-bond acceptors (Lipinski definition) is 3. The van der Waals surface area contributed by atoms with Crippen molar-refractivity contribution in [2.24, 2.45) is 5.92 Å². The van der Waals surface area contributed by atoms with E-state index in [-0.39, 0.29) is 11.9 Å². The number of aryl methyl sites for hydroxylation is 1. The number of amides is 3. The molecule has 3 amide bonds. The van der Waals surface area contributed by atoms with Crippen molar-refractivity contribution in [3.63, 3.8) is 0 Å². The van der Waals surface area contributed by atoms with Crippen LogP contribution in [0.15, 0.2) is 42.5 Å². The van der Waals surface area contributed by atoms with Crippen LogP contribution in [0.2, 0.25) is 0 Å². The zero-order chi connectivity index (χ0) is 19.2. The van der Waals surface area contributed by atoms with Crippen molar-refractivity contribution in [2.75, 3.05) is 18.4 Å². The molecule has 142 valence electrons. The SMILES string of the molecule is Cc1cccc(CNC(=O)Nc2ccc(C(=O)N3CCC(C)CC3)cc2)n1. The summed E-state index contributed by atoms with van der Waals surface area (Å²) in [7, 11) is 0. The highest BCUT2D eigenvalue weighted by Crippen LogP contribution is 2.19. The van der Waals surface area contributed by atoms with E-state index in [0.717, 1.165) is 37.3 Å². The van der Waals surface area contributed by atoms with E-state index >= 15 is 0 Å². The molecule has 27 heavy (non-hydrogen) atoms. The minimum absolute atomic E-state index is 0.0587. The molecule has 1 fully saturated rings. The summed E-state index contributed by atoms with van der Waals surface area (Å²) in [6, 6.07) is 12.4. The largest absolute Gasteiger partial charge is 0.339 e. The number of anilines is 1. The fraction of sp³-hybridized carbons (Fsp3) is 0.381. The van der Waals surface area contributed by atoms with Crippen molar-refractivity contribution in [3.8, 4) is 0 Å². The van der Waals surface area contributed by atoms with Gasteiger partial charge in [-0.05, 0) is 62.1 Å². The van der Waals surface area contributed by atoms with Gasteiger partial charge in [0.15, 0.2) is 0 Å². The summed E-state index contributed by atoms with van der Waals surface area (Å²) in [6.45, 7) is 6.13. The Bertz CT molecular complexity index is 796. The molecule has 2 N–H and O–H groups in total. The highest BCUT2D eigenvalue weighted by Gasteiger charge is 2.21. The van der Waals surface area contributed by atoms with Crippen LogP contribution < -0.4 is 10.6 Å². The van der Waals surface area contributed by atoms with Gasteiger partial charge in [0.1, 0.15) is 0 Å². The molecular weight excluding hydrogens is 340 g/mol. The Hall–Kier alpha value is -2.89. The van der Waals surface area contributed by atoms with Gasteiger partial charge in [0.2, 0.25) is 0 Å². The van der Waals surface area contributed by atoms with Crippen LogP contribution in [0.4, 0.5) is 10.5 Å². The van der Waals surface area contributed by atoms with E-state index in [0.29, 0.717) is 23.7 Å². The lowest BCUT2D eigenvalue weighted by atomic mass is 9.98. The zero-order valence-corrected chi connectivity index (χ0v) is 15.9.